The predicted octanol–water partition coefficient (Wildman–Crippen LogP) is 4.45. The van der Waals surface area contributed by atoms with Crippen molar-refractivity contribution >= 4 is 27.5 Å². The minimum absolute atomic E-state index is 0.0197. The molecule has 1 aliphatic carbocycles. The lowest BCUT2D eigenvalue weighted by Crippen LogP contribution is -2.31. The van der Waals surface area contributed by atoms with Gasteiger partial charge in [0.15, 0.2) is 11.6 Å². The Kier molecular flexibility index (Phi) is 6.84. The van der Waals surface area contributed by atoms with Crippen molar-refractivity contribution in [1.82, 2.24) is 9.71 Å². The van der Waals surface area contributed by atoms with Crippen molar-refractivity contribution in [2.45, 2.75) is 37.7 Å². The van der Waals surface area contributed by atoms with Crippen LogP contribution in [0.4, 0.5) is 17.6 Å². The number of amides is 1. The van der Waals surface area contributed by atoms with E-state index < -0.39 is 50.9 Å². The molecular formula is C19H17ClF4N2O5S. The summed E-state index contributed by atoms with van der Waals surface area (Å²) in [5.74, 6) is -7.16. The molecule has 13 heteroatoms. The Balaban J connectivity index is 1.71. The fourth-order valence-corrected chi connectivity index (χ4v) is 3.62. The van der Waals surface area contributed by atoms with E-state index >= 15 is 0 Å². The molecule has 1 aromatic carbocycles. The van der Waals surface area contributed by atoms with Gasteiger partial charge in [0, 0.05) is 25.0 Å². The number of nitrogens with zero attached hydrogens (tertiary/aromatic N) is 1. The first kappa shape index (κ1) is 24.1. The lowest BCUT2D eigenvalue weighted by Gasteiger charge is -2.28. The summed E-state index contributed by atoms with van der Waals surface area (Å²) in [5.41, 5.74) is -0.835. The fraction of sp³-hybridized carbons (Fsp3) is 0.368. The van der Waals surface area contributed by atoms with Gasteiger partial charge in [-0.1, -0.05) is 11.6 Å². The summed E-state index contributed by atoms with van der Waals surface area (Å²) in [5, 5.41) is -0.0372. The van der Waals surface area contributed by atoms with E-state index in [0.29, 0.717) is 18.4 Å². The minimum atomic E-state index is -3.98. The maximum Gasteiger partial charge on any atom is 0.267 e. The second-order valence-electron chi connectivity index (χ2n) is 7.20. The normalized spacial score (nSPS) is 16.4. The molecule has 2 aromatic rings. The third-order valence-electron chi connectivity index (χ3n) is 4.50. The van der Waals surface area contributed by atoms with E-state index in [1.54, 1.807) is 0 Å². The molecular weight excluding hydrogens is 480 g/mol. The van der Waals surface area contributed by atoms with Gasteiger partial charge in [0.25, 0.3) is 5.91 Å². The highest BCUT2D eigenvalue weighted by Gasteiger charge is 2.36. The third-order valence-corrected chi connectivity index (χ3v) is 5.32. The van der Waals surface area contributed by atoms with Crippen molar-refractivity contribution in [2.24, 2.45) is 0 Å². The lowest BCUT2D eigenvalue weighted by atomic mass is 9.94. The highest BCUT2D eigenvalue weighted by molar-refractivity contribution is 7.89. The van der Waals surface area contributed by atoms with Crippen LogP contribution >= 0.6 is 11.6 Å². The molecule has 0 bridgehead atoms. The predicted molar refractivity (Wildman–Crippen MR) is 106 cm³/mol. The maximum atomic E-state index is 14.3. The zero-order valence-corrected chi connectivity index (χ0v) is 18.1. The molecule has 0 aliphatic heterocycles. The first-order chi connectivity index (χ1) is 14.8. The molecule has 0 unspecified atom stereocenters. The topological polar surface area (TPSA) is 94.6 Å². The number of halogens is 5. The molecule has 7 nitrogen and oxygen atoms in total. The number of hydrogen-bond donors (Lipinski definition) is 1. The molecule has 0 atom stereocenters. The molecule has 1 aliphatic rings. The van der Waals surface area contributed by atoms with Gasteiger partial charge in [0.05, 0.1) is 18.0 Å². The summed E-state index contributed by atoms with van der Waals surface area (Å²) in [6.07, 6.45) is 0.965. The molecule has 32 heavy (non-hydrogen) atoms. The number of sulfonamides is 1. The molecule has 1 saturated carbocycles. The second-order valence-corrected chi connectivity index (χ2v) is 9.35. The van der Waals surface area contributed by atoms with Crippen molar-refractivity contribution in [3.05, 3.63) is 46.6 Å². The van der Waals surface area contributed by atoms with Gasteiger partial charge in [-0.3, -0.25) is 4.79 Å². The van der Waals surface area contributed by atoms with Crippen molar-refractivity contribution in [2.75, 3.05) is 6.26 Å². The Labute approximate surface area is 185 Å². The number of ether oxygens (including phenoxy) is 2. The average molecular weight is 497 g/mol. The van der Waals surface area contributed by atoms with Gasteiger partial charge in [0.1, 0.15) is 22.7 Å². The number of alkyl halides is 2. The van der Waals surface area contributed by atoms with Crippen LogP contribution in [-0.4, -0.2) is 37.6 Å². The molecule has 0 spiro atoms. The molecule has 1 N–H and O–H groups in total. The van der Waals surface area contributed by atoms with Crippen molar-refractivity contribution in [3.8, 4) is 17.4 Å². The van der Waals surface area contributed by atoms with Crippen LogP contribution in [0.1, 0.15) is 36.0 Å². The summed E-state index contributed by atoms with van der Waals surface area (Å²) in [6, 6.07) is 2.26. The number of aromatic nitrogens is 1. The second kappa shape index (κ2) is 9.10. The number of benzene rings is 1. The molecule has 0 radical (unpaired) electrons. The maximum absolute atomic E-state index is 14.3. The first-order valence-corrected chi connectivity index (χ1v) is 11.5. The van der Waals surface area contributed by atoms with E-state index in [1.807, 2.05) is 0 Å². The fourth-order valence-electron chi connectivity index (χ4n) is 2.97. The van der Waals surface area contributed by atoms with E-state index in [4.69, 9.17) is 21.1 Å². The molecule has 174 valence electrons. The molecule has 3 rings (SSSR count). The Morgan fingerprint density at radius 1 is 1.19 bits per heavy atom. The van der Waals surface area contributed by atoms with E-state index in [-0.39, 0.29) is 42.3 Å². The Hall–Kier alpha value is -2.60. The van der Waals surface area contributed by atoms with E-state index in [9.17, 15) is 30.8 Å². The lowest BCUT2D eigenvalue weighted by molar-refractivity contribution is -0.0588. The van der Waals surface area contributed by atoms with Gasteiger partial charge < -0.3 is 9.47 Å². The largest absolute Gasteiger partial charge is 0.473 e. The zero-order chi connectivity index (χ0) is 23.7. The number of pyridine rings is 1. The first-order valence-electron chi connectivity index (χ1n) is 9.22. The number of carbonyl (C=O) groups is 1. The van der Waals surface area contributed by atoms with Gasteiger partial charge in [-0.2, -0.15) is 0 Å². The SMILES string of the molecule is CS(=O)(=O)NC(=O)c1cc(F)c(Oc2cnc(OC3CCC(F)(F)CC3)c(Cl)c2)cc1F. The van der Waals surface area contributed by atoms with Crippen molar-refractivity contribution in [3.63, 3.8) is 0 Å². The smallest absolute Gasteiger partial charge is 0.267 e. The summed E-state index contributed by atoms with van der Waals surface area (Å²) in [6.45, 7) is 0. The number of rotatable bonds is 6. The van der Waals surface area contributed by atoms with Crippen LogP contribution in [0.15, 0.2) is 24.4 Å². The average Bonchev–Trinajstić information content (AvgIpc) is 2.66. The highest BCUT2D eigenvalue weighted by atomic mass is 35.5. The van der Waals surface area contributed by atoms with Crippen LogP contribution in [0, 0.1) is 11.6 Å². The summed E-state index contributed by atoms with van der Waals surface area (Å²) in [4.78, 5) is 15.7. The van der Waals surface area contributed by atoms with Crippen molar-refractivity contribution in [1.29, 1.82) is 0 Å². The number of hydrogen-bond acceptors (Lipinski definition) is 6. The van der Waals surface area contributed by atoms with Crippen LogP contribution in [0.5, 0.6) is 17.4 Å². The monoisotopic (exact) mass is 496 g/mol. The van der Waals surface area contributed by atoms with E-state index in [1.165, 1.54) is 10.8 Å². The van der Waals surface area contributed by atoms with Crippen LogP contribution in [-0.2, 0) is 10.0 Å². The third kappa shape index (κ3) is 6.22. The summed E-state index contributed by atoms with van der Waals surface area (Å²) < 4.78 is 89.5. The van der Waals surface area contributed by atoms with Gasteiger partial charge in [-0.15, -0.1) is 0 Å². The van der Waals surface area contributed by atoms with Crippen molar-refractivity contribution < 1.29 is 40.2 Å². The Morgan fingerprint density at radius 2 is 1.84 bits per heavy atom. The summed E-state index contributed by atoms with van der Waals surface area (Å²) in [7, 11) is -3.98. The standard InChI is InChI=1S/C19H17ClF4N2O5S/c1-32(28,29)26-17(27)12-7-15(22)16(8-14(12)21)30-11-6-13(20)18(25-9-11)31-10-2-4-19(23,24)5-3-10/h6-10H,2-5H2,1H3,(H,26,27). The van der Waals surface area contributed by atoms with E-state index in [2.05, 4.69) is 4.98 Å². The molecule has 0 saturated heterocycles. The summed E-state index contributed by atoms with van der Waals surface area (Å²) >= 11 is 6.08. The zero-order valence-electron chi connectivity index (χ0n) is 16.5. The molecule has 1 aromatic heterocycles. The van der Waals surface area contributed by atoms with Crippen LogP contribution in [0.3, 0.4) is 0 Å². The highest BCUT2D eigenvalue weighted by Crippen LogP contribution is 2.36. The minimum Gasteiger partial charge on any atom is -0.473 e. The van der Waals surface area contributed by atoms with Gasteiger partial charge in [0.2, 0.25) is 21.8 Å². The van der Waals surface area contributed by atoms with Crippen LogP contribution < -0.4 is 14.2 Å². The Morgan fingerprint density at radius 3 is 2.44 bits per heavy atom. The van der Waals surface area contributed by atoms with Gasteiger partial charge in [-0.05, 0) is 18.9 Å². The van der Waals surface area contributed by atoms with Crippen LogP contribution in [0.25, 0.3) is 0 Å². The molecule has 1 fully saturated rings. The van der Waals surface area contributed by atoms with Gasteiger partial charge >= 0.3 is 0 Å². The Bertz CT molecular complexity index is 1140. The van der Waals surface area contributed by atoms with Gasteiger partial charge in [-0.25, -0.2) is 35.7 Å². The molecule has 1 heterocycles. The number of nitrogens with one attached hydrogen (secondary N) is 1. The van der Waals surface area contributed by atoms with E-state index in [0.717, 1.165) is 6.20 Å². The quantitative estimate of drug-likeness (QED) is 0.594. The molecule has 1 amide bonds. The van der Waals surface area contributed by atoms with Crippen LogP contribution in [0.2, 0.25) is 5.02 Å². The number of carbonyl (C=O) groups excluding carboxylic acids is 1.